The minimum Gasteiger partial charge on any atom is -0.479 e. The maximum Gasteiger partial charge on any atom is 0.335 e. The predicted molar refractivity (Wildman–Crippen MR) is 102 cm³/mol. The second-order valence-corrected chi connectivity index (χ2v) is 7.50. The third-order valence-corrected chi connectivity index (χ3v) is 5.61. The molecule has 1 aromatic carbocycles. The molecule has 31 heavy (non-hydrogen) atoms. The number of aliphatic hydroxyl groups excluding tert-OH is 3. The molecule has 0 radical (unpaired) electrons. The minimum absolute atomic E-state index is 0.187. The Hall–Kier alpha value is -3.05. The van der Waals surface area contributed by atoms with Gasteiger partial charge in [-0.3, -0.25) is 9.59 Å². The lowest BCUT2D eigenvalue weighted by Gasteiger charge is -2.38. The van der Waals surface area contributed by atoms with E-state index in [2.05, 4.69) is 0 Å². The number of ketones is 1. The van der Waals surface area contributed by atoms with Gasteiger partial charge in [-0.1, -0.05) is 30.3 Å². The lowest BCUT2D eigenvalue weighted by Crippen LogP contribution is -2.60. The number of nitrogens with zero attached hydrogens (tertiary/aromatic N) is 1. The first-order chi connectivity index (χ1) is 14.8. The molecule has 6 atom stereocenters. The number of aliphatic carboxylic acids is 1. The van der Waals surface area contributed by atoms with Gasteiger partial charge in [-0.2, -0.15) is 0 Å². The molecule has 10 nitrogen and oxygen atoms in total. The summed E-state index contributed by atoms with van der Waals surface area (Å²) < 4.78 is 11.9. The normalized spacial score (nSPS) is 29.9. The summed E-state index contributed by atoms with van der Waals surface area (Å²) in [6, 6.07) is 12.0. The van der Waals surface area contributed by atoms with Gasteiger partial charge in [-0.15, -0.1) is 0 Å². The molecule has 2 aromatic rings. The van der Waals surface area contributed by atoms with Gasteiger partial charge in [-0.25, -0.2) is 4.79 Å². The lowest BCUT2D eigenvalue weighted by molar-refractivity contribution is -0.286. The monoisotopic (exact) mass is 431 g/mol. The molecule has 1 aromatic heterocycles. The summed E-state index contributed by atoms with van der Waals surface area (Å²) >= 11 is 0. The fourth-order valence-corrected chi connectivity index (χ4v) is 3.96. The molecule has 0 amide bonds. The number of hydrogen-bond acceptors (Lipinski definition) is 8. The van der Waals surface area contributed by atoms with Gasteiger partial charge < -0.3 is 34.5 Å². The quantitative estimate of drug-likeness (QED) is 0.367. The topological polar surface area (TPSA) is 156 Å². The van der Waals surface area contributed by atoms with Crippen molar-refractivity contribution in [2.75, 3.05) is 0 Å². The van der Waals surface area contributed by atoms with Crippen LogP contribution in [-0.4, -0.2) is 73.4 Å². The molecule has 10 heteroatoms. The molecule has 2 aliphatic rings. The summed E-state index contributed by atoms with van der Waals surface area (Å²) in [6.07, 6.45) is -8.86. The Balaban J connectivity index is 1.50. The van der Waals surface area contributed by atoms with Crippen molar-refractivity contribution >= 4 is 17.7 Å². The fraction of sp³-hybridized carbons (Fsp3) is 0.381. The van der Waals surface area contributed by atoms with Gasteiger partial charge in [0.15, 0.2) is 6.10 Å². The summed E-state index contributed by atoms with van der Waals surface area (Å²) in [7, 11) is 0. The second kappa shape index (κ2) is 8.23. The van der Waals surface area contributed by atoms with Crippen LogP contribution in [0.4, 0.5) is 0 Å². The van der Waals surface area contributed by atoms with E-state index in [1.807, 2.05) is 0 Å². The first-order valence-corrected chi connectivity index (χ1v) is 9.71. The standard InChI is InChI=1S/C21H21NO9/c23-14(10-4-2-1-3-5-10)13-7-6-12-11(8-9-22(12)13)20(29)31-21-17(26)15(24)16(25)18(30-21)19(27)28/h1-7,11,15-18,21,24-26H,8-9H2,(H,27,28). The molecule has 164 valence electrons. The summed E-state index contributed by atoms with van der Waals surface area (Å²) in [6.45, 7) is 0.392. The van der Waals surface area contributed by atoms with Crippen molar-refractivity contribution in [3.05, 3.63) is 59.4 Å². The van der Waals surface area contributed by atoms with E-state index < -0.39 is 48.6 Å². The number of hydrogen-bond donors (Lipinski definition) is 4. The van der Waals surface area contributed by atoms with Crippen LogP contribution >= 0.6 is 0 Å². The average Bonchev–Trinajstić information content (AvgIpc) is 3.36. The molecular weight excluding hydrogens is 410 g/mol. The van der Waals surface area contributed by atoms with Gasteiger partial charge in [-0.05, 0) is 18.6 Å². The number of carboxylic acid groups (broad SMARTS) is 1. The van der Waals surface area contributed by atoms with Crippen molar-refractivity contribution in [3.63, 3.8) is 0 Å². The smallest absolute Gasteiger partial charge is 0.335 e. The Morgan fingerprint density at radius 2 is 1.68 bits per heavy atom. The van der Waals surface area contributed by atoms with Crippen molar-refractivity contribution in [3.8, 4) is 0 Å². The predicted octanol–water partition coefficient (Wildman–Crippen LogP) is -0.358. The molecule has 6 unspecified atom stereocenters. The molecule has 1 fully saturated rings. The van der Waals surface area contributed by atoms with Gasteiger partial charge in [0.2, 0.25) is 12.1 Å². The van der Waals surface area contributed by atoms with E-state index in [-0.39, 0.29) is 5.78 Å². The van der Waals surface area contributed by atoms with Crippen LogP contribution in [0.5, 0.6) is 0 Å². The van der Waals surface area contributed by atoms with Crippen LogP contribution in [0.1, 0.15) is 34.1 Å². The SMILES string of the molecule is O=C(c1ccccc1)c1ccc2n1CCC2C(=O)OC1OC(C(=O)O)C(O)C(O)C1O. The Morgan fingerprint density at radius 3 is 2.35 bits per heavy atom. The number of aliphatic hydroxyl groups is 3. The van der Waals surface area contributed by atoms with Crippen molar-refractivity contribution in [1.29, 1.82) is 0 Å². The third kappa shape index (κ3) is 3.74. The highest BCUT2D eigenvalue weighted by molar-refractivity contribution is 6.08. The maximum atomic E-state index is 12.8. The first kappa shape index (κ1) is 21.2. The van der Waals surface area contributed by atoms with Crippen LogP contribution in [0, 0.1) is 0 Å². The Kier molecular flexibility index (Phi) is 5.63. The highest BCUT2D eigenvalue weighted by Crippen LogP contribution is 2.33. The van der Waals surface area contributed by atoms with Crippen LogP contribution in [0.3, 0.4) is 0 Å². The van der Waals surface area contributed by atoms with Gasteiger partial charge in [0.05, 0.1) is 11.6 Å². The average molecular weight is 431 g/mol. The number of rotatable bonds is 5. The summed E-state index contributed by atoms with van der Waals surface area (Å²) in [5, 5.41) is 38.7. The second-order valence-electron chi connectivity index (χ2n) is 7.50. The zero-order valence-corrected chi connectivity index (χ0v) is 16.2. The van der Waals surface area contributed by atoms with Gasteiger partial charge in [0.25, 0.3) is 0 Å². The van der Waals surface area contributed by atoms with E-state index in [9.17, 15) is 29.7 Å². The maximum absolute atomic E-state index is 12.8. The molecule has 0 spiro atoms. The van der Waals surface area contributed by atoms with Crippen LogP contribution in [0.15, 0.2) is 42.5 Å². The molecule has 0 bridgehead atoms. The first-order valence-electron chi connectivity index (χ1n) is 9.71. The van der Waals surface area contributed by atoms with E-state index in [0.29, 0.717) is 29.9 Å². The van der Waals surface area contributed by atoms with E-state index in [1.165, 1.54) is 0 Å². The number of esters is 1. The molecular formula is C21H21NO9. The number of fused-ring (bicyclic) bond motifs is 1. The summed E-state index contributed by atoms with van der Waals surface area (Å²) in [4.78, 5) is 36.7. The Morgan fingerprint density at radius 1 is 0.968 bits per heavy atom. The molecule has 3 heterocycles. The third-order valence-electron chi connectivity index (χ3n) is 5.61. The van der Waals surface area contributed by atoms with Gasteiger partial charge >= 0.3 is 11.9 Å². The summed E-state index contributed by atoms with van der Waals surface area (Å²) in [5.74, 6) is -3.32. The minimum atomic E-state index is -1.88. The van der Waals surface area contributed by atoms with Crippen molar-refractivity contribution < 1.29 is 44.3 Å². The highest BCUT2D eigenvalue weighted by Gasteiger charge is 2.49. The van der Waals surface area contributed by atoms with E-state index in [4.69, 9.17) is 14.6 Å². The molecule has 1 saturated heterocycles. The number of benzene rings is 1. The molecule has 0 saturated carbocycles. The number of carbonyl (C=O) groups excluding carboxylic acids is 2. The number of ether oxygens (including phenoxy) is 2. The van der Waals surface area contributed by atoms with Crippen molar-refractivity contribution in [1.82, 2.24) is 4.57 Å². The molecule has 0 aliphatic carbocycles. The van der Waals surface area contributed by atoms with Gasteiger partial charge in [0.1, 0.15) is 18.3 Å². The van der Waals surface area contributed by atoms with E-state index >= 15 is 0 Å². The number of carbonyl (C=O) groups is 3. The fourth-order valence-electron chi connectivity index (χ4n) is 3.96. The Bertz CT molecular complexity index is 1000. The molecule has 4 rings (SSSR count). The molecule has 4 N–H and O–H groups in total. The Labute approximate surface area is 176 Å². The summed E-state index contributed by atoms with van der Waals surface area (Å²) in [5.41, 5.74) is 1.49. The van der Waals surface area contributed by atoms with Crippen LogP contribution < -0.4 is 0 Å². The zero-order valence-electron chi connectivity index (χ0n) is 16.2. The van der Waals surface area contributed by atoms with Crippen molar-refractivity contribution in [2.24, 2.45) is 0 Å². The zero-order chi connectivity index (χ0) is 22.3. The van der Waals surface area contributed by atoms with E-state index in [0.717, 1.165) is 0 Å². The number of aromatic nitrogens is 1. The van der Waals surface area contributed by atoms with Crippen LogP contribution in [0.2, 0.25) is 0 Å². The van der Waals surface area contributed by atoms with E-state index in [1.54, 1.807) is 47.0 Å². The molecule has 2 aliphatic heterocycles. The number of carboxylic acids is 1. The van der Waals surface area contributed by atoms with Crippen LogP contribution in [-0.2, 0) is 25.6 Å². The lowest BCUT2D eigenvalue weighted by atomic mass is 9.99. The van der Waals surface area contributed by atoms with Crippen LogP contribution in [0.25, 0.3) is 0 Å². The van der Waals surface area contributed by atoms with Crippen molar-refractivity contribution in [2.45, 2.75) is 49.6 Å². The van der Waals surface area contributed by atoms with Gasteiger partial charge in [0, 0.05) is 17.8 Å². The largest absolute Gasteiger partial charge is 0.479 e. The highest BCUT2D eigenvalue weighted by atomic mass is 16.7.